The minimum atomic E-state index is -1.77. The van der Waals surface area contributed by atoms with Gasteiger partial charge in [-0.15, -0.1) is 0 Å². The number of nitrogens with one attached hydrogen (secondary N) is 1. The summed E-state index contributed by atoms with van der Waals surface area (Å²) < 4.78 is 16.8. The largest absolute Gasteiger partial charge is 0.507 e. The van der Waals surface area contributed by atoms with Crippen LogP contribution in [0.5, 0.6) is 23.0 Å². The van der Waals surface area contributed by atoms with Gasteiger partial charge in [0.2, 0.25) is 11.8 Å². The zero-order valence-electron chi connectivity index (χ0n) is 30.6. The molecule has 2 aliphatic heterocycles. The van der Waals surface area contributed by atoms with Gasteiger partial charge < -0.3 is 19.3 Å². The van der Waals surface area contributed by atoms with Gasteiger partial charge in [-0.25, -0.2) is 0 Å². The van der Waals surface area contributed by atoms with E-state index in [1.807, 2.05) is 6.08 Å². The molecule has 0 bridgehead atoms. The number of ether oxygens (including phenoxy) is 3. The second-order valence-corrected chi connectivity index (χ2v) is 15.1. The topological polar surface area (TPSA) is 178 Å². The lowest BCUT2D eigenvalue weighted by Crippen LogP contribution is -2.53. The van der Waals surface area contributed by atoms with Crippen LogP contribution in [-0.4, -0.2) is 60.0 Å². The van der Waals surface area contributed by atoms with Gasteiger partial charge >= 0.3 is 0 Å². The van der Waals surface area contributed by atoms with Crippen molar-refractivity contribution in [2.45, 2.75) is 24.2 Å². The van der Waals surface area contributed by atoms with Gasteiger partial charge in [-0.2, -0.15) is 5.01 Å². The number of aromatic hydroxyl groups is 1. The lowest BCUT2D eigenvalue weighted by atomic mass is 9.49. The predicted molar refractivity (Wildman–Crippen MR) is 207 cm³/mol. The van der Waals surface area contributed by atoms with Crippen molar-refractivity contribution in [1.29, 1.82) is 0 Å². The van der Waals surface area contributed by atoms with Crippen LogP contribution in [0.4, 0.5) is 17.1 Å². The number of carbonyl (C=O) groups excluding carboxylic acids is 4. The summed E-state index contributed by atoms with van der Waals surface area (Å²) in [7, 11) is 4.33. The molecular formula is C41H34Cl2N4O10. The molecular weight excluding hydrogens is 779 g/mol. The van der Waals surface area contributed by atoms with Crippen LogP contribution in [0.3, 0.4) is 0 Å². The highest BCUT2D eigenvalue weighted by molar-refractivity contribution is 6.36. The molecule has 4 aromatic carbocycles. The van der Waals surface area contributed by atoms with Crippen LogP contribution in [0.2, 0.25) is 10.0 Å². The molecule has 1 saturated carbocycles. The van der Waals surface area contributed by atoms with Gasteiger partial charge in [-0.05, 0) is 66.8 Å². The molecule has 0 aromatic heterocycles. The third-order valence-corrected chi connectivity index (χ3v) is 12.3. The average molecular weight is 814 g/mol. The highest BCUT2D eigenvalue weighted by atomic mass is 35.5. The minimum absolute atomic E-state index is 0.0427. The molecule has 16 heteroatoms. The molecule has 2 N–H and O–H groups in total. The SMILES string of the molecule is COc1ccc([C@@]23C(=O)N(Nc4ccc(Cl)cc4Cl)C(=O)[C@@H]2C[C@@H]2C(=CC[C@@H]4C(=O)N(c5ccc([N+](=O)[O-])cc5)C(=O)[C@@H]42)[C@@H]3c2c(O)cc(OC)cc2OC)cc1. The number of phenols is 1. The highest BCUT2D eigenvalue weighted by Crippen LogP contribution is 2.66. The fraction of sp³-hybridized carbons (Fsp3) is 0.268. The van der Waals surface area contributed by atoms with E-state index in [1.165, 1.54) is 63.8 Å². The number of allylic oxidation sites excluding steroid dienone is 2. The number of benzene rings is 4. The van der Waals surface area contributed by atoms with E-state index in [0.29, 0.717) is 21.9 Å². The number of imide groups is 2. The second-order valence-electron chi connectivity index (χ2n) is 14.3. The second kappa shape index (κ2) is 14.1. The van der Waals surface area contributed by atoms with E-state index in [9.17, 15) is 24.8 Å². The van der Waals surface area contributed by atoms with Crippen molar-refractivity contribution in [3.8, 4) is 23.0 Å². The fourth-order valence-electron chi connectivity index (χ4n) is 9.30. The number of nitrogens with zero attached hydrogens (tertiary/aromatic N) is 3. The molecule has 2 aliphatic carbocycles. The van der Waals surface area contributed by atoms with Gasteiger partial charge in [-0.3, -0.25) is 39.6 Å². The first-order valence-electron chi connectivity index (χ1n) is 17.9. The molecule has 6 atom stereocenters. The molecule has 2 heterocycles. The zero-order chi connectivity index (χ0) is 40.5. The van der Waals surface area contributed by atoms with Gasteiger partial charge in [0, 0.05) is 40.8 Å². The van der Waals surface area contributed by atoms with E-state index in [4.69, 9.17) is 37.4 Å². The molecule has 292 valence electrons. The number of hydrazine groups is 1. The first-order chi connectivity index (χ1) is 27.3. The molecule has 8 rings (SSSR count). The lowest BCUT2D eigenvalue weighted by Gasteiger charge is -2.50. The summed E-state index contributed by atoms with van der Waals surface area (Å²) in [4.78, 5) is 71.1. The number of non-ortho nitro benzene ring substituents is 1. The van der Waals surface area contributed by atoms with Crippen molar-refractivity contribution in [2.24, 2.45) is 23.7 Å². The van der Waals surface area contributed by atoms with E-state index in [1.54, 1.807) is 36.4 Å². The normalized spacial score (nSPS) is 25.1. The molecule has 2 saturated heterocycles. The summed E-state index contributed by atoms with van der Waals surface area (Å²) in [6.45, 7) is 0. The molecule has 4 aromatic rings. The lowest BCUT2D eigenvalue weighted by molar-refractivity contribution is -0.384. The number of methoxy groups -OCH3 is 3. The van der Waals surface area contributed by atoms with Crippen LogP contribution >= 0.6 is 23.2 Å². The van der Waals surface area contributed by atoms with Crippen molar-refractivity contribution < 1.29 is 43.4 Å². The maximum absolute atomic E-state index is 15.5. The number of hydrogen-bond acceptors (Lipinski definition) is 11. The molecule has 0 spiro atoms. The maximum atomic E-state index is 15.5. The maximum Gasteiger partial charge on any atom is 0.269 e. The third-order valence-electron chi connectivity index (χ3n) is 11.7. The third kappa shape index (κ3) is 5.68. The molecule has 3 fully saturated rings. The first kappa shape index (κ1) is 37.8. The van der Waals surface area contributed by atoms with Gasteiger partial charge in [0.15, 0.2) is 0 Å². The highest BCUT2D eigenvalue weighted by Gasteiger charge is 2.71. The Morgan fingerprint density at radius 3 is 2.18 bits per heavy atom. The number of rotatable bonds is 9. The summed E-state index contributed by atoms with van der Waals surface area (Å²) >= 11 is 12.7. The van der Waals surface area contributed by atoms with E-state index in [2.05, 4.69) is 5.43 Å². The summed E-state index contributed by atoms with van der Waals surface area (Å²) in [5.41, 5.74) is 2.50. The monoisotopic (exact) mass is 812 g/mol. The molecule has 0 radical (unpaired) electrons. The first-order valence-corrected chi connectivity index (χ1v) is 18.6. The number of fused-ring (bicyclic) bond motifs is 4. The van der Waals surface area contributed by atoms with E-state index >= 15 is 9.59 Å². The molecule has 4 aliphatic rings. The van der Waals surface area contributed by atoms with Crippen LogP contribution in [0.25, 0.3) is 0 Å². The number of nitro groups is 1. The summed E-state index contributed by atoms with van der Waals surface area (Å²) in [5.74, 6) is -6.64. The van der Waals surface area contributed by atoms with Crippen LogP contribution in [-0.2, 0) is 24.6 Å². The number of amides is 4. The van der Waals surface area contributed by atoms with Crippen molar-refractivity contribution >= 4 is 63.9 Å². The van der Waals surface area contributed by atoms with Gasteiger partial charge in [-0.1, -0.05) is 47.0 Å². The Morgan fingerprint density at radius 1 is 0.842 bits per heavy atom. The number of nitro benzene ring substituents is 1. The number of phenolic OH excluding ortho intramolecular Hbond substituents is 1. The van der Waals surface area contributed by atoms with Crippen molar-refractivity contribution in [2.75, 3.05) is 31.7 Å². The molecule has 57 heavy (non-hydrogen) atoms. The van der Waals surface area contributed by atoms with Crippen molar-refractivity contribution in [3.05, 3.63) is 122 Å². The van der Waals surface area contributed by atoms with Crippen LogP contribution in [0.15, 0.2) is 90.5 Å². The van der Waals surface area contributed by atoms with Gasteiger partial charge in [0.1, 0.15) is 23.0 Å². The zero-order valence-corrected chi connectivity index (χ0v) is 32.1. The summed E-state index contributed by atoms with van der Waals surface area (Å²) in [6, 6.07) is 19.4. The Bertz CT molecular complexity index is 2410. The number of anilines is 2. The van der Waals surface area contributed by atoms with E-state index in [-0.39, 0.29) is 57.7 Å². The predicted octanol–water partition coefficient (Wildman–Crippen LogP) is 6.82. The number of hydrogen-bond donors (Lipinski definition) is 2. The molecule has 0 unspecified atom stereocenters. The summed E-state index contributed by atoms with van der Waals surface area (Å²) in [5, 5.41) is 24.7. The number of halogens is 2. The number of carbonyl (C=O) groups is 4. The van der Waals surface area contributed by atoms with Crippen molar-refractivity contribution in [1.82, 2.24) is 5.01 Å². The Kier molecular flexibility index (Phi) is 9.36. The van der Waals surface area contributed by atoms with Gasteiger partial charge in [0.25, 0.3) is 17.5 Å². The smallest absolute Gasteiger partial charge is 0.269 e. The summed E-state index contributed by atoms with van der Waals surface area (Å²) in [6.07, 6.45) is 1.88. The Labute approximate surface area is 335 Å². The Hall–Kier alpha value is -6.12. The average Bonchev–Trinajstić information content (AvgIpc) is 3.59. The van der Waals surface area contributed by atoms with E-state index in [0.717, 1.165) is 9.91 Å². The Morgan fingerprint density at radius 2 is 1.54 bits per heavy atom. The standard InChI is InChI=1S/C41H34Cl2N4O10/c1-55-24-11-4-20(5-12-24)41-29(38(50)46(40(41)52)44-31-15-6-21(42)16-30(31)43)19-28-26(36(41)35-32(48)17-25(56-2)18-33(35)57-3)13-14-27-34(28)39(51)45(37(27)49)22-7-9-23(10-8-22)47(53)54/h4-13,15-18,27-29,34,36,44,48H,14,19H2,1-3H3/t27-,28+,29-,34-,36+,41+/m0/s1. The van der Waals surface area contributed by atoms with Crippen LogP contribution in [0, 0.1) is 33.8 Å². The fourth-order valence-corrected chi connectivity index (χ4v) is 9.75. The minimum Gasteiger partial charge on any atom is -0.507 e. The van der Waals surface area contributed by atoms with Gasteiger partial charge in [0.05, 0.1) is 65.8 Å². The molecule has 14 nitrogen and oxygen atoms in total. The quantitative estimate of drug-likeness (QED) is 0.0784. The van der Waals surface area contributed by atoms with Crippen LogP contribution < -0.4 is 24.5 Å². The molecule has 4 amide bonds. The van der Waals surface area contributed by atoms with Crippen LogP contribution in [0.1, 0.15) is 29.9 Å². The van der Waals surface area contributed by atoms with E-state index < -0.39 is 63.6 Å². The Balaban J connectivity index is 1.35. The van der Waals surface area contributed by atoms with Crippen molar-refractivity contribution in [3.63, 3.8) is 0 Å².